The lowest BCUT2D eigenvalue weighted by molar-refractivity contribution is -0.141. The van der Waals surface area contributed by atoms with Gasteiger partial charge >= 0.3 is 6.18 Å². The van der Waals surface area contributed by atoms with E-state index in [1.165, 1.54) is 6.20 Å². The second-order valence-electron chi connectivity index (χ2n) is 3.85. The van der Waals surface area contributed by atoms with Crippen LogP contribution in [-0.4, -0.2) is 26.1 Å². The topological polar surface area (TPSA) is 55.6 Å². The van der Waals surface area contributed by atoms with Gasteiger partial charge in [0.15, 0.2) is 11.5 Å². The van der Waals surface area contributed by atoms with Crippen LogP contribution in [0.25, 0.3) is 11.5 Å². The van der Waals surface area contributed by atoms with Crippen LogP contribution in [0.5, 0.6) is 0 Å². The predicted molar refractivity (Wildman–Crippen MR) is 63.4 cm³/mol. The Bertz CT molecular complexity index is 576. The molecule has 0 amide bonds. The second-order valence-corrected chi connectivity index (χ2v) is 3.85. The largest absolute Gasteiger partial charge is 0.433 e. The highest BCUT2D eigenvalue weighted by Crippen LogP contribution is 2.30. The first-order valence-corrected chi connectivity index (χ1v) is 5.59. The van der Waals surface area contributed by atoms with Gasteiger partial charge in [0.25, 0.3) is 0 Å². The molecule has 2 rings (SSSR count). The van der Waals surface area contributed by atoms with Crippen molar-refractivity contribution in [3.63, 3.8) is 0 Å². The van der Waals surface area contributed by atoms with Crippen molar-refractivity contribution in [2.45, 2.75) is 13.1 Å². The van der Waals surface area contributed by atoms with Crippen LogP contribution in [0.3, 0.4) is 0 Å². The summed E-state index contributed by atoms with van der Waals surface area (Å²) < 4.78 is 40.0. The van der Waals surface area contributed by atoms with Gasteiger partial charge in [-0.3, -0.25) is 0 Å². The van der Waals surface area contributed by atoms with Crippen molar-refractivity contribution in [2.24, 2.45) is 7.05 Å². The predicted octanol–water partition coefficient (Wildman–Crippen LogP) is 2.33. The molecule has 0 unspecified atom stereocenters. The molecule has 0 aliphatic rings. The van der Waals surface area contributed by atoms with E-state index in [2.05, 4.69) is 20.3 Å². The minimum Gasteiger partial charge on any atom is -0.354 e. The molecule has 5 nitrogen and oxygen atoms in total. The number of nitrogens with zero attached hydrogens (tertiary/aromatic N) is 4. The van der Waals surface area contributed by atoms with Gasteiger partial charge in [-0.2, -0.15) is 13.2 Å². The number of imidazole rings is 1. The number of alkyl halides is 3. The molecule has 0 aliphatic heterocycles. The highest BCUT2D eigenvalue weighted by atomic mass is 19.4. The van der Waals surface area contributed by atoms with Gasteiger partial charge in [0.2, 0.25) is 5.95 Å². The van der Waals surface area contributed by atoms with Crippen molar-refractivity contribution in [1.82, 2.24) is 19.5 Å². The molecule has 0 spiro atoms. The van der Waals surface area contributed by atoms with E-state index in [0.29, 0.717) is 12.4 Å². The first-order valence-electron chi connectivity index (χ1n) is 5.59. The van der Waals surface area contributed by atoms with Crippen molar-refractivity contribution in [1.29, 1.82) is 0 Å². The van der Waals surface area contributed by atoms with Gasteiger partial charge in [-0.15, -0.1) is 0 Å². The molecule has 2 heterocycles. The third-order valence-corrected chi connectivity index (χ3v) is 2.40. The number of anilines is 1. The molecule has 102 valence electrons. The zero-order chi connectivity index (χ0) is 14.0. The molecule has 0 saturated heterocycles. The van der Waals surface area contributed by atoms with Crippen molar-refractivity contribution >= 4 is 5.95 Å². The minimum absolute atomic E-state index is 0.0599. The summed E-state index contributed by atoms with van der Waals surface area (Å²) in [6, 6.07) is 0.892. The highest BCUT2D eigenvalue weighted by Gasteiger charge is 2.34. The molecule has 0 fully saturated rings. The molecule has 0 aliphatic carbocycles. The number of aryl methyl sites for hydroxylation is 1. The van der Waals surface area contributed by atoms with E-state index in [4.69, 9.17) is 0 Å². The van der Waals surface area contributed by atoms with E-state index in [1.54, 1.807) is 24.7 Å². The maximum Gasteiger partial charge on any atom is 0.433 e. The van der Waals surface area contributed by atoms with E-state index in [9.17, 15) is 13.2 Å². The van der Waals surface area contributed by atoms with Crippen molar-refractivity contribution in [3.8, 4) is 11.5 Å². The molecule has 1 N–H and O–H groups in total. The average Bonchev–Trinajstić information content (AvgIpc) is 2.74. The number of halogens is 3. The van der Waals surface area contributed by atoms with E-state index >= 15 is 0 Å². The lowest BCUT2D eigenvalue weighted by Gasteiger charge is -2.10. The smallest absolute Gasteiger partial charge is 0.354 e. The number of hydrogen-bond donors (Lipinski definition) is 1. The quantitative estimate of drug-likeness (QED) is 0.930. The third kappa shape index (κ3) is 2.83. The maximum absolute atomic E-state index is 12.8. The summed E-state index contributed by atoms with van der Waals surface area (Å²) >= 11 is 0. The first-order chi connectivity index (χ1) is 8.91. The summed E-state index contributed by atoms with van der Waals surface area (Å²) in [4.78, 5) is 11.5. The second kappa shape index (κ2) is 4.87. The zero-order valence-electron chi connectivity index (χ0n) is 10.4. The van der Waals surface area contributed by atoms with Crippen molar-refractivity contribution < 1.29 is 13.2 Å². The minimum atomic E-state index is -4.52. The number of hydrogen-bond acceptors (Lipinski definition) is 4. The lowest BCUT2D eigenvalue weighted by atomic mass is 10.3. The Morgan fingerprint density at radius 2 is 2.05 bits per heavy atom. The number of rotatable bonds is 3. The normalized spacial score (nSPS) is 11.6. The van der Waals surface area contributed by atoms with Crippen LogP contribution in [0, 0.1) is 0 Å². The van der Waals surface area contributed by atoms with Crippen LogP contribution in [0.1, 0.15) is 12.6 Å². The van der Waals surface area contributed by atoms with Gasteiger partial charge < -0.3 is 9.88 Å². The number of aromatic nitrogens is 4. The monoisotopic (exact) mass is 271 g/mol. The standard InChI is InChI=1S/C11H12F3N5/c1-3-15-10-17-7(9-16-4-5-19(9)2)6-8(18-10)11(12,13)14/h4-6H,3H2,1-2H3,(H,15,17,18). The molecular formula is C11H12F3N5. The van der Waals surface area contributed by atoms with E-state index < -0.39 is 11.9 Å². The van der Waals surface area contributed by atoms with Gasteiger partial charge in [0, 0.05) is 26.0 Å². The Kier molecular flexibility index (Phi) is 3.41. The van der Waals surface area contributed by atoms with Crippen LogP contribution < -0.4 is 5.32 Å². The first kappa shape index (κ1) is 13.3. The molecular weight excluding hydrogens is 259 g/mol. The fourth-order valence-corrected chi connectivity index (χ4v) is 1.56. The summed E-state index contributed by atoms with van der Waals surface area (Å²) in [6.07, 6.45) is -1.39. The van der Waals surface area contributed by atoms with Gasteiger partial charge in [0.1, 0.15) is 5.69 Å². The summed E-state index contributed by atoms with van der Waals surface area (Å²) in [5.74, 6) is 0.294. The van der Waals surface area contributed by atoms with Crippen LogP contribution in [-0.2, 0) is 13.2 Å². The molecule has 2 aromatic rings. The van der Waals surface area contributed by atoms with Crippen LogP contribution >= 0.6 is 0 Å². The Morgan fingerprint density at radius 1 is 1.32 bits per heavy atom. The Morgan fingerprint density at radius 3 is 2.58 bits per heavy atom. The highest BCUT2D eigenvalue weighted by molar-refractivity contribution is 5.53. The molecule has 2 aromatic heterocycles. The van der Waals surface area contributed by atoms with Crippen molar-refractivity contribution in [2.75, 3.05) is 11.9 Å². The summed E-state index contributed by atoms with van der Waals surface area (Å²) in [7, 11) is 1.69. The molecule has 0 radical (unpaired) electrons. The Labute approximate surface area is 107 Å². The third-order valence-electron chi connectivity index (χ3n) is 2.40. The van der Waals surface area contributed by atoms with Gasteiger partial charge in [-0.25, -0.2) is 15.0 Å². The zero-order valence-corrected chi connectivity index (χ0v) is 10.4. The summed E-state index contributed by atoms with van der Waals surface area (Å²) in [5.41, 5.74) is -0.859. The summed E-state index contributed by atoms with van der Waals surface area (Å²) in [6.45, 7) is 2.19. The summed E-state index contributed by atoms with van der Waals surface area (Å²) in [5, 5.41) is 2.68. The molecule has 0 aromatic carbocycles. The van der Waals surface area contributed by atoms with Crippen molar-refractivity contribution in [3.05, 3.63) is 24.2 Å². The lowest BCUT2D eigenvalue weighted by Crippen LogP contribution is -2.13. The van der Waals surface area contributed by atoms with Gasteiger partial charge in [-0.1, -0.05) is 0 Å². The fraction of sp³-hybridized carbons (Fsp3) is 0.364. The van der Waals surface area contributed by atoms with Gasteiger partial charge in [0.05, 0.1) is 0 Å². The molecule has 19 heavy (non-hydrogen) atoms. The average molecular weight is 271 g/mol. The molecule has 0 atom stereocenters. The van der Waals surface area contributed by atoms with E-state index in [1.807, 2.05) is 0 Å². The van der Waals surface area contributed by atoms with Crippen LogP contribution in [0.15, 0.2) is 18.5 Å². The Balaban J connectivity index is 2.55. The van der Waals surface area contributed by atoms with Crippen LogP contribution in [0.2, 0.25) is 0 Å². The number of nitrogens with one attached hydrogen (secondary N) is 1. The van der Waals surface area contributed by atoms with E-state index in [0.717, 1.165) is 6.07 Å². The van der Waals surface area contributed by atoms with Gasteiger partial charge in [-0.05, 0) is 13.0 Å². The molecule has 0 saturated carbocycles. The Hall–Kier alpha value is -2.12. The molecule has 8 heteroatoms. The van der Waals surface area contributed by atoms with Crippen LogP contribution in [0.4, 0.5) is 19.1 Å². The SMILES string of the molecule is CCNc1nc(-c2nccn2C)cc(C(F)(F)F)n1. The van der Waals surface area contributed by atoms with E-state index in [-0.39, 0.29) is 11.6 Å². The fourth-order valence-electron chi connectivity index (χ4n) is 1.56. The maximum atomic E-state index is 12.8. The molecule has 0 bridgehead atoms.